The Kier molecular flexibility index (Phi) is 6.50. The van der Waals surface area contributed by atoms with E-state index in [1.54, 1.807) is 27.7 Å². The van der Waals surface area contributed by atoms with Gasteiger partial charge in [-0.2, -0.15) is 0 Å². The molecule has 0 heterocycles. The van der Waals surface area contributed by atoms with Gasteiger partial charge in [-0.05, 0) is 34.1 Å². The van der Waals surface area contributed by atoms with E-state index in [4.69, 9.17) is 9.57 Å². The third-order valence-electron chi connectivity index (χ3n) is 1.75. The molecular formula is C12H21NO4. The number of hydrogen-bond acceptors (Lipinski definition) is 4. The van der Waals surface area contributed by atoms with Gasteiger partial charge in [-0.3, -0.25) is 14.4 Å². The van der Waals surface area contributed by atoms with Crippen molar-refractivity contribution in [1.82, 2.24) is 5.48 Å². The van der Waals surface area contributed by atoms with Crippen molar-refractivity contribution in [2.75, 3.05) is 6.61 Å². The van der Waals surface area contributed by atoms with E-state index in [0.717, 1.165) is 0 Å². The number of hydrogen-bond donors (Lipinski definition) is 1. The highest BCUT2D eigenvalue weighted by atomic mass is 16.7. The molecule has 0 aliphatic rings. The van der Waals surface area contributed by atoms with Crippen LogP contribution in [-0.2, 0) is 19.2 Å². The molecule has 0 fully saturated rings. The molecule has 0 radical (unpaired) electrons. The molecule has 0 aromatic rings. The van der Waals surface area contributed by atoms with Crippen molar-refractivity contribution in [2.24, 2.45) is 5.92 Å². The van der Waals surface area contributed by atoms with Crippen LogP contribution >= 0.6 is 0 Å². The first-order chi connectivity index (χ1) is 7.81. The van der Waals surface area contributed by atoms with Crippen molar-refractivity contribution in [3.63, 3.8) is 0 Å². The lowest BCUT2D eigenvalue weighted by Gasteiger charge is -2.21. The average Bonchev–Trinajstić information content (AvgIpc) is 2.21. The van der Waals surface area contributed by atoms with Gasteiger partial charge in [0.1, 0.15) is 5.92 Å². The van der Waals surface area contributed by atoms with E-state index < -0.39 is 23.4 Å². The largest absolute Gasteiger partial charge is 0.465 e. The summed E-state index contributed by atoms with van der Waals surface area (Å²) in [7, 11) is 0. The van der Waals surface area contributed by atoms with E-state index >= 15 is 0 Å². The second-order valence-corrected chi connectivity index (χ2v) is 4.51. The maximum absolute atomic E-state index is 11.7. The molecule has 0 bridgehead atoms. The second kappa shape index (κ2) is 7.06. The van der Waals surface area contributed by atoms with Crippen molar-refractivity contribution in [2.45, 2.75) is 39.7 Å². The number of amides is 1. The molecule has 0 aromatic carbocycles. The van der Waals surface area contributed by atoms with Crippen LogP contribution in [0.2, 0.25) is 0 Å². The Labute approximate surface area is 102 Å². The maximum Gasteiger partial charge on any atom is 0.318 e. The first kappa shape index (κ1) is 15.6. The van der Waals surface area contributed by atoms with E-state index in [1.807, 2.05) is 0 Å². The number of carbonyl (C=O) groups excluding carboxylic acids is 2. The van der Waals surface area contributed by atoms with Crippen LogP contribution in [0.4, 0.5) is 0 Å². The van der Waals surface area contributed by atoms with E-state index in [1.165, 1.54) is 6.08 Å². The lowest BCUT2D eigenvalue weighted by molar-refractivity contribution is -0.161. The smallest absolute Gasteiger partial charge is 0.318 e. The van der Waals surface area contributed by atoms with E-state index in [2.05, 4.69) is 12.1 Å². The summed E-state index contributed by atoms with van der Waals surface area (Å²) in [6, 6.07) is 0. The van der Waals surface area contributed by atoms with Crippen LogP contribution in [0.1, 0.15) is 34.1 Å². The van der Waals surface area contributed by atoms with Crippen molar-refractivity contribution < 1.29 is 19.2 Å². The van der Waals surface area contributed by atoms with Crippen LogP contribution in [0.25, 0.3) is 0 Å². The zero-order valence-electron chi connectivity index (χ0n) is 10.9. The summed E-state index contributed by atoms with van der Waals surface area (Å²) < 4.78 is 4.81. The highest BCUT2D eigenvalue weighted by Crippen LogP contribution is 2.09. The molecule has 5 nitrogen and oxygen atoms in total. The fourth-order valence-corrected chi connectivity index (χ4v) is 0.994. The molecule has 1 N–H and O–H groups in total. The lowest BCUT2D eigenvalue weighted by Crippen LogP contribution is -2.40. The van der Waals surface area contributed by atoms with E-state index in [0.29, 0.717) is 0 Å². The topological polar surface area (TPSA) is 64.6 Å². The van der Waals surface area contributed by atoms with Crippen LogP contribution < -0.4 is 5.48 Å². The van der Waals surface area contributed by atoms with E-state index in [-0.39, 0.29) is 13.0 Å². The Balaban J connectivity index is 4.44. The molecule has 0 aromatic heterocycles. The monoisotopic (exact) mass is 243 g/mol. The molecule has 0 aliphatic carbocycles. The van der Waals surface area contributed by atoms with Gasteiger partial charge in [0.25, 0.3) is 5.91 Å². The van der Waals surface area contributed by atoms with Gasteiger partial charge in [-0.1, -0.05) is 6.08 Å². The zero-order valence-corrected chi connectivity index (χ0v) is 10.9. The molecule has 0 saturated heterocycles. The highest BCUT2D eigenvalue weighted by Gasteiger charge is 2.28. The van der Waals surface area contributed by atoms with Crippen molar-refractivity contribution in [1.29, 1.82) is 0 Å². The molecule has 1 atom stereocenters. The van der Waals surface area contributed by atoms with Gasteiger partial charge in [0.2, 0.25) is 0 Å². The maximum atomic E-state index is 11.7. The number of esters is 1. The zero-order chi connectivity index (χ0) is 13.5. The Morgan fingerprint density at radius 3 is 2.41 bits per heavy atom. The summed E-state index contributed by atoms with van der Waals surface area (Å²) >= 11 is 0. The Morgan fingerprint density at radius 1 is 1.41 bits per heavy atom. The van der Waals surface area contributed by atoms with E-state index in [9.17, 15) is 9.59 Å². The number of rotatable bonds is 6. The van der Waals surface area contributed by atoms with Gasteiger partial charge in [0, 0.05) is 0 Å². The van der Waals surface area contributed by atoms with Crippen molar-refractivity contribution in [3.05, 3.63) is 12.7 Å². The van der Waals surface area contributed by atoms with Gasteiger partial charge in [-0.25, -0.2) is 5.48 Å². The van der Waals surface area contributed by atoms with Gasteiger partial charge in [0.05, 0.1) is 12.2 Å². The number of allylic oxidation sites excluding steroid dienone is 1. The van der Waals surface area contributed by atoms with Crippen molar-refractivity contribution in [3.8, 4) is 0 Å². The quantitative estimate of drug-likeness (QED) is 0.333. The first-order valence-corrected chi connectivity index (χ1v) is 5.57. The summed E-state index contributed by atoms with van der Waals surface area (Å²) in [5.74, 6) is -1.99. The summed E-state index contributed by atoms with van der Waals surface area (Å²) in [5.41, 5.74) is 1.75. The minimum atomic E-state index is -0.908. The summed E-state index contributed by atoms with van der Waals surface area (Å²) in [6.07, 6.45) is 1.72. The molecule has 17 heavy (non-hydrogen) atoms. The molecular weight excluding hydrogens is 222 g/mol. The molecule has 0 aliphatic heterocycles. The number of hydroxylamine groups is 1. The fraction of sp³-hybridized carbons (Fsp3) is 0.667. The average molecular weight is 243 g/mol. The predicted octanol–water partition coefficient (Wildman–Crippen LogP) is 1.59. The van der Waals surface area contributed by atoms with Gasteiger partial charge in [0.15, 0.2) is 0 Å². The molecule has 5 heteroatoms. The molecule has 1 unspecified atom stereocenters. The Bertz CT molecular complexity index is 281. The highest BCUT2D eigenvalue weighted by molar-refractivity contribution is 5.97. The summed E-state index contributed by atoms with van der Waals surface area (Å²) in [6.45, 7) is 10.8. The van der Waals surface area contributed by atoms with Crippen LogP contribution in [-0.4, -0.2) is 24.1 Å². The summed E-state index contributed by atoms with van der Waals surface area (Å²) in [4.78, 5) is 28.3. The number of nitrogens with one attached hydrogen (secondary N) is 1. The van der Waals surface area contributed by atoms with Gasteiger partial charge in [-0.15, -0.1) is 6.58 Å². The number of ether oxygens (including phenoxy) is 1. The molecule has 1 amide bonds. The molecule has 0 spiro atoms. The third-order valence-corrected chi connectivity index (χ3v) is 1.75. The van der Waals surface area contributed by atoms with Crippen LogP contribution in [0.5, 0.6) is 0 Å². The summed E-state index contributed by atoms with van der Waals surface area (Å²) in [5, 5.41) is 0. The lowest BCUT2D eigenvalue weighted by atomic mass is 10.1. The molecule has 0 saturated carbocycles. The standard InChI is InChI=1S/C12H21NO4/c1-6-8-9(11(15)16-7-2)10(14)13-17-12(3,4)5/h6,9H,1,7-8H2,2-5H3,(H,13,14). The minimum absolute atomic E-state index is 0.220. The van der Waals surface area contributed by atoms with Gasteiger partial charge >= 0.3 is 5.97 Å². The SMILES string of the molecule is C=CCC(C(=O)NOC(C)(C)C)C(=O)OCC. The molecule has 98 valence electrons. The Morgan fingerprint density at radius 2 is 2.00 bits per heavy atom. The minimum Gasteiger partial charge on any atom is -0.465 e. The fourth-order valence-electron chi connectivity index (χ4n) is 0.994. The number of carbonyl (C=O) groups is 2. The second-order valence-electron chi connectivity index (χ2n) is 4.51. The van der Waals surface area contributed by atoms with Crippen molar-refractivity contribution >= 4 is 11.9 Å². The normalized spacial score (nSPS) is 12.7. The first-order valence-electron chi connectivity index (χ1n) is 5.57. The van der Waals surface area contributed by atoms with Crippen LogP contribution in [0.15, 0.2) is 12.7 Å². The molecule has 0 rings (SSSR count). The third kappa shape index (κ3) is 6.73. The van der Waals surface area contributed by atoms with Crippen LogP contribution in [0, 0.1) is 5.92 Å². The Hall–Kier alpha value is -1.36. The van der Waals surface area contributed by atoms with Crippen LogP contribution in [0.3, 0.4) is 0 Å². The predicted molar refractivity (Wildman–Crippen MR) is 63.9 cm³/mol. The van der Waals surface area contributed by atoms with Gasteiger partial charge < -0.3 is 4.74 Å².